The van der Waals surface area contributed by atoms with Crippen LogP contribution < -0.4 is 0 Å². The zero-order chi connectivity index (χ0) is 14.7. The molecule has 1 atom stereocenters. The van der Waals surface area contributed by atoms with E-state index in [0.29, 0.717) is 18.8 Å². The van der Waals surface area contributed by atoms with Gasteiger partial charge in [0, 0.05) is 13.1 Å². The molecular weight excluding hydrogens is 262 g/mol. The SMILES string of the molecule is CCc1cc(C(=O)N2CCOCC2C(=O)O)n(CC)n1. The van der Waals surface area contributed by atoms with E-state index in [-0.39, 0.29) is 19.1 Å². The van der Waals surface area contributed by atoms with E-state index in [2.05, 4.69) is 5.10 Å². The lowest BCUT2D eigenvalue weighted by Crippen LogP contribution is -2.53. The van der Waals surface area contributed by atoms with Crippen LogP contribution in [0.5, 0.6) is 0 Å². The molecule has 2 rings (SSSR count). The van der Waals surface area contributed by atoms with Crippen LogP contribution in [0.3, 0.4) is 0 Å². The zero-order valence-electron chi connectivity index (χ0n) is 11.7. The third-order valence-electron chi connectivity index (χ3n) is 3.39. The van der Waals surface area contributed by atoms with Gasteiger partial charge in [0.1, 0.15) is 5.69 Å². The Balaban J connectivity index is 2.29. The molecule has 7 heteroatoms. The van der Waals surface area contributed by atoms with E-state index in [9.17, 15) is 14.7 Å². The summed E-state index contributed by atoms with van der Waals surface area (Å²) in [5, 5.41) is 13.5. The highest BCUT2D eigenvalue weighted by molar-refractivity contribution is 5.95. The first-order valence-corrected chi connectivity index (χ1v) is 6.76. The van der Waals surface area contributed by atoms with Crippen molar-refractivity contribution >= 4 is 11.9 Å². The molecule has 2 heterocycles. The third kappa shape index (κ3) is 2.67. The van der Waals surface area contributed by atoms with Crippen molar-refractivity contribution in [2.75, 3.05) is 19.8 Å². The van der Waals surface area contributed by atoms with Gasteiger partial charge in [-0.15, -0.1) is 0 Å². The maximum absolute atomic E-state index is 12.6. The van der Waals surface area contributed by atoms with E-state index in [4.69, 9.17) is 4.74 Å². The predicted molar refractivity (Wildman–Crippen MR) is 70.6 cm³/mol. The third-order valence-corrected chi connectivity index (χ3v) is 3.39. The van der Waals surface area contributed by atoms with Crippen LogP contribution in [0.2, 0.25) is 0 Å². The fourth-order valence-corrected chi connectivity index (χ4v) is 2.25. The number of hydrogen-bond donors (Lipinski definition) is 1. The van der Waals surface area contributed by atoms with E-state index in [1.165, 1.54) is 4.90 Å². The van der Waals surface area contributed by atoms with Gasteiger partial charge in [-0.25, -0.2) is 4.79 Å². The number of amides is 1. The van der Waals surface area contributed by atoms with Crippen molar-refractivity contribution in [3.63, 3.8) is 0 Å². The van der Waals surface area contributed by atoms with E-state index >= 15 is 0 Å². The quantitative estimate of drug-likeness (QED) is 0.863. The van der Waals surface area contributed by atoms with Crippen LogP contribution in [-0.2, 0) is 22.5 Å². The van der Waals surface area contributed by atoms with E-state index < -0.39 is 12.0 Å². The Labute approximate surface area is 117 Å². The number of carboxylic acids is 1. The predicted octanol–water partition coefficient (Wildman–Crippen LogP) is 0.391. The molecular formula is C13H19N3O4. The minimum absolute atomic E-state index is 0.0297. The van der Waals surface area contributed by atoms with Gasteiger partial charge >= 0.3 is 5.97 Å². The van der Waals surface area contributed by atoms with Gasteiger partial charge in [-0.05, 0) is 19.4 Å². The van der Waals surface area contributed by atoms with E-state index in [0.717, 1.165) is 12.1 Å². The fraction of sp³-hybridized carbons (Fsp3) is 0.615. The number of aromatic nitrogens is 2. The number of morpholine rings is 1. The highest BCUT2D eigenvalue weighted by Crippen LogP contribution is 2.14. The molecule has 0 radical (unpaired) electrons. The van der Waals surface area contributed by atoms with Crippen molar-refractivity contribution in [2.24, 2.45) is 0 Å². The average molecular weight is 281 g/mol. The first-order valence-electron chi connectivity index (χ1n) is 6.76. The largest absolute Gasteiger partial charge is 0.480 e. The Hall–Kier alpha value is -1.89. The van der Waals surface area contributed by atoms with Crippen LogP contribution in [0.1, 0.15) is 30.0 Å². The van der Waals surface area contributed by atoms with Gasteiger partial charge in [0.15, 0.2) is 6.04 Å². The number of ether oxygens (including phenoxy) is 1. The summed E-state index contributed by atoms with van der Waals surface area (Å²) in [5.41, 5.74) is 1.27. The molecule has 0 bridgehead atoms. The second-order valence-corrected chi connectivity index (χ2v) is 4.62. The monoisotopic (exact) mass is 281 g/mol. The van der Waals surface area contributed by atoms with Crippen LogP contribution in [0.15, 0.2) is 6.07 Å². The van der Waals surface area contributed by atoms with Crippen LogP contribution in [0.4, 0.5) is 0 Å². The Morgan fingerprint density at radius 1 is 1.50 bits per heavy atom. The maximum atomic E-state index is 12.6. The highest BCUT2D eigenvalue weighted by atomic mass is 16.5. The molecule has 1 amide bonds. The Morgan fingerprint density at radius 2 is 2.25 bits per heavy atom. The van der Waals surface area contributed by atoms with Crippen molar-refractivity contribution in [1.82, 2.24) is 14.7 Å². The lowest BCUT2D eigenvalue weighted by atomic mass is 10.2. The molecule has 0 saturated carbocycles. The minimum atomic E-state index is -1.05. The van der Waals surface area contributed by atoms with Gasteiger partial charge in [-0.3, -0.25) is 9.48 Å². The van der Waals surface area contributed by atoms with Gasteiger partial charge in [0.2, 0.25) is 0 Å². The summed E-state index contributed by atoms with van der Waals surface area (Å²) in [5.74, 6) is -1.34. The molecule has 0 aromatic carbocycles. The Morgan fingerprint density at radius 3 is 2.85 bits per heavy atom. The number of carbonyl (C=O) groups is 2. The van der Waals surface area contributed by atoms with Gasteiger partial charge in [0.05, 0.1) is 18.9 Å². The van der Waals surface area contributed by atoms with Gasteiger partial charge in [-0.1, -0.05) is 6.92 Å². The number of aliphatic carboxylic acids is 1. The topological polar surface area (TPSA) is 84.7 Å². The van der Waals surface area contributed by atoms with Crippen molar-refractivity contribution in [3.8, 4) is 0 Å². The molecule has 7 nitrogen and oxygen atoms in total. The van der Waals surface area contributed by atoms with Crippen molar-refractivity contribution in [3.05, 3.63) is 17.5 Å². The number of carbonyl (C=O) groups excluding carboxylic acids is 1. The fourth-order valence-electron chi connectivity index (χ4n) is 2.25. The van der Waals surface area contributed by atoms with E-state index in [1.807, 2.05) is 13.8 Å². The van der Waals surface area contributed by atoms with Crippen LogP contribution in [0.25, 0.3) is 0 Å². The lowest BCUT2D eigenvalue weighted by molar-refractivity contribution is -0.147. The Kier molecular flexibility index (Phi) is 4.39. The highest BCUT2D eigenvalue weighted by Gasteiger charge is 2.34. The van der Waals surface area contributed by atoms with Gasteiger partial charge < -0.3 is 14.7 Å². The molecule has 20 heavy (non-hydrogen) atoms. The number of nitrogens with zero attached hydrogens (tertiary/aromatic N) is 3. The summed E-state index contributed by atoms with van der Waals surface area (Å²) in [6.07, 6.45) is 0.735. The van der Waals surface area contributed by atoms with Crippen molar-refractivity contribution in [2.45, 2.75) is 32.9 Å². The summed E-state index contributed by atoms with van der Waals surface area (Å²) in [6, 6.07) is 0.807. The van der Waals surface area contributed by atoms with Crippen LogP contribution in [-0.4, -0.2) is 57.5 Å². The molecule has 1 aliphatic heterocycles. The minimum Gasteiger partial charge on any atom is -0.480 e. The molecule has 1 aromatic rings. The second kappa shape index (κ2) is 6.04. The summed E-state index contributed by atoms with van der Waals surface area (Å²) < 4.78 is 6.77. The molecule has 1 N–H and O–H groups in total. The van der Waals surface area contributed by atoms with Crippen LogP contribution in [0, 0.1) is 0 Å². The lowest BCUT2D eigenvalue weighted by Gasteiger charge is -2.32. The maximum Gasteiger partial charge on any atom is 0.328 e. The molecule has 1 unspecified atom stereocenters. The van der Waals surface area contributed by atoms with Gasteiger partial charge in [0.25, 0.3) is 5.91 Å². The summed E-state index contributed by atoms with van der Waals surface area (Å²) in [4.78, 5) is 25.1. The van der Waals surface area contributed by atoms with Gasteiger partial charge in [-0.2, -0.15) is 5.10 Å². The molecule has 0 spiro atoms. The number of hydrogen-bond acceptors (Lipinski definition) is 4. The molecule has 1 saturated heterocycles. The number of aryl methyl sites for hydroxylation is 2. The number of carboxylic acid groups (broad SMARTS) is 1. The Bertz CT molecular complexity index is 512. The standard InChI is InChI=1S/C13H19N3O4/c1-3-9-7-10(16(4-2)14-9)12(17)15-5-6-20-8-11(15)13(18)19/h7,11H,3-6,8H2,1-2H3,(H,18,19). The first-order chi connectivity index (χ1) is 9.58. The summed E-state index contributed by atoms with van der Waals surface area (Å²) in [6.45, 7) is 5.11. The molecule has 1 aromatic heterocycles. The smallest absolute Gasteiger partial charge is 0.328 e. The zero-order valence-corrected chi connectivity index (χ0v) is 11.7. The molecule has 110 valence electrons. The number of rotatable bonds is 4. The van der Waals surface area contributed by atoms with Crippen molar-refractivity contribution in [1.29, 1.82) is 0 Å². The van der Waals surface area contributed by atoms with E-state index in [1.54, 1.807) is 10.7 Å². The summed E-state index contributed by atoms with van der Waals surface area (Å²) in [7, 11) is 0. The normalized spacial score (nSPS) is 19.1. The first kappa shape index (κ1) is 14.5. The average Bonchev–Trinajstić information content (AvgIpc) is 2.89. The molecule has 0 aliphatic carbocycles. The molecule has 1 aliphatic rings. The van der Waals surface area contributed by atoms with Crippen LogP contribution >= 0.6 is 0 Å². The molecule has 1 fully saturated rings. The second-order valence-electron chi connectivity index (χ2n) is 4.62. The summed E-state index contributed by atoms with van der Waals surface area (Å²) >= 11 is 0. The van der Waals surface area contributed by atoms with Crippen molar-refractivity contribution < 1.29 is 19.4 Å².